The van der Waals surface area contributed by atoms with Crippen molar-refractivity contribution in [3.05, 3.63) is 18.3 Å². The summed E-state index contributed by atoms with van der Waals surface area (Å²) in [5.41, 5.74) is 7.95. The average Bonchev–Trinajstić information content (AvgIpc) is 2.94. The van der Waals surface area contributed by atoms with Gasteiger partial charge >= 0.3 is 0 Å². The Morgan fingerprint density at radius 2 is 2.21 bits per heavy atom. The number of aliphatic hydroxyl groups is 2. The Bertz CT molecular complexity index is 601. The number of nitrogens with zero attached hydrogens (tertiary/aromatic N) is 4. The summed E-state index contributed by atoms with van der Waals surface area (Å²) in [7, 11) is 0. The molecule has 4 N–H and O–H groups in total. The van der Waals surface area contributed by atoms with Crippen molar-refractivity contribution in [3.8, 4) is 0 Å². The van der Waals surface area contributed by atoms with Crippen LogP contribution in [-0.2, 0) is 4.74 Å². The number of imidazole rings is 1. The molecular weight excluding hydrogens is 250 g/mol. The van der Waals surface area contributed by atoms with Crippen molar-refractivity contribution in [2.75, 3.05) is 6.61 Å². The van der Waals surface area contributed by atoms with E-state index < -0.39 is 24.5 Å². The summed E-state index contributed by atoms with van der Waals surface area (Å²) in [6.07, 6.45) is 0.779. The predicted octanol–water partition coefficient (Wildman–Crippen LogP) is -1.29. The Morgan fingerprint density at radius 3 is 2.89 bits per heavy atom. The molecule has 19 heavy (non-hydrogen) atoms. The van der Waals surface area contributed by atoms with E-state index in [1.165, 1.54) is 6.33 Å². The molecule has 1 fully saturated rings. The highest BCUT2D eigenvalue weighted by molar-refractivity contribution is 5.72. The van der Waals surface area contributed by atoms with Crippen LogP contribution in [0.1, 0.15) is 11.9 Å². The molecule has 2 aromatic rings. The van der Waals surface area contributed by atoms with Crippen molar-refractivity contribution in [1.82, 2.24) is 19.5 Å². The normalized spacial score (nSPS) is 31.2. The first kappa shape index (κ1) is 12.4. The van der Waals surface area contributed by atoms with E-state index in [2.05, 4.69) is 15.0 Å². The van der Waals surface area contributed by atoms with Gasteiger partial charge in [0.05, 0.1) is 24.7 Å². The molecule has 0 saturated carbocycles. The van der Waals surface area contributed by atoms with E-state index in [1.54, 1.807) is 10.9 Å². The maximum Gasteiger partial charge on any atom is 0.165 e. The first-order valence-corrected chi connectivity index (χ1v) is 5.97. The molecule has 1 unspecified atom stereocenters. The van der Waals surface area contributed by atoms with Gasteiger partial charge < -0.3 is 20.7 Å². The molecule has 4 atom stereocenters. The number of rotatable bonds is 2. The number of hydrogen-bond acceptors (Lipinski definition) is 7. The standard InChI is InChI=1S/C11H15N5O3/c1-5-8-10(14-3-13-5)16(4-15-8)11-7(12)9(18)6(2-17)19-11/h3-4,6-7,9,11,17-18H,2,12H2,1H3/t6-,7?,9+,11-/m1/s1. The topological polar surface area (TPSA) is 119 Å². The van der Waals surface area contributed by atoms with Crippen LogP contribution < -0.4 is 5.73 Å². The Hall–Kier alpha value is -1.61. The molecule has 0 aliphatic carbocycles. The van der Waals surface area contributed by atoms with Crippen molar-refractivity contribution in [2.24, 2.45) is 5.73 Å². The van der Waals surface area contributed by atoms with Crippen molar-refractivity contribution < 1.29 is 14.9 Å². The lowest BCUT2D eigenvalue weighted by Gasteiger charge is -2.17. The third-order valence-corrected chi connectivity index (χ3v) is 3.41. The Morgan fingerprint density at radius 1 is 1.42 bits per heavy atom. The largest absolute Gasteiger partial charge is 0.394 e. The second-order valence-corrected chi connectivity index (χ2v) is 4.60. The summed E-state index contributed by atoms with van der Waals surface area (Å²) >= 11 is 0. The van der Waals surface area contributed by atoms with Gasteiger partial charge in [-0.25, -0.2) is 15.0 Å². The van der Waals surface area contributed by atoms with Gasteiger partial charge in [-0.1, -0.05) is 0 Å². The molecule has 0 amide bonds. The van der Waals surface area contributed by atoms with Gasteiger partial charge in [0.25, 0.3) is 0 Å². The van der Waals surface area contributed by atoms with Gasteiger partial charge in [0, 0.05) is 0 Å². The van der Waals surface area contributed by atoms with E-state index in [1.807, 2.05) is 6.92 Å². The van der Waals surface area contributed by atoms with Gasteiger partial charge in [0.15, 0.2) is 11.9 Å². The number of hydrogen-bond donors (Lipinski definition) is 3. The quantitative estimate of drug-likeness (QED) is 0.618. The molecular formula is C11H15N5O3. The van der Waals surface area contributed by atoms with Crippen LogP contribution in [0.5, 0.6) is 0 Å². The Labute approximate surface area is 108 Å². The first-order valence-electron chi connectivity index (χ1n) is 5.97. The molecule has 3 heterocycles. The number of aryl methyl sites for hydroxylation is 1. The third-order valence-electron chi connectivity index (χ3n) is 3.41. The second kappa shape index (κ2) is 4.49. The van der Waals surface area contributed by atoms with Gasteiger partial charge in [-0.15, -0.1) is 0 Å². The monoisotopic (exact) mass is 265 g/mol. The number of aromatic nitrogens is 4. The highest BCUT2D eigenvalue weighted by Gasteiger charge is 2.42. The molecule has 1 aliphatic rings. The second-order valence-electron chi connectivity index (χ2n) is 4.60. The molecule has 8 nitrogen and oxygen atoms in total. The molecule has 0 radical (unpaired) electrons. The van der Waals surface area contributed by atoms with Crippen molar-refractivity contribution >= 4 is 11.2 Å². The van der Waals surface area contributed by atoms with Crippen LogP contribution in [0.25, 0.3) is 11.2 Å². The van der Waals surface area contributed by atoms with Crippen LogP contribution in [0.2, 0.25) is 0 Å². The summed E-state index contributed by atoms with van der Waals surface area (Å²) < 4.78 is 7.23. The highest BCUT2D eigenvalue weighted by atomic mass is 16.5. The molecule has 1 aliphatic heterocycles. The van der Waals surface area contributed by atoms with Crippen LogP contribution in [-0.4, -0.2) is 54.6 Å². The predicted molar refractivity (Wildman–Crippen MR) is 65.0 cm³/mol. The molecule has 8 heteroatoms. The fourth-order valence-corrected chi connectivity index (χ4v) is 2.32. The van der Waals surface area contributed by atoms with E-state index in [0.717, 1.165) is 5.69 Å². The van der Waals surface area contributed by atoms with E-state index in [-0.39, 0.29) is 6.61 Å². The zero-order valence-corrected chi connectivity index (χ0v) is 10.3. The van der Waals surface area contributed by atoms with Gasteiger partial charge in [-0.05, 0) is 6.92 Å². The van der Waals surface area contributed by atoms with Gasteiger partial charge in [-0.2, -0.15) is 0 Å². The maximum atomic E-state index is 9.88. The van der Waals surface area contributed by atoms with E-state index in [4.69, 9.17) is 15.6 Å². The third kappa shape index (κ3) is 1.80. The average molecular weight is 265 g/mol. The minimum Gasteiger partial charge on any atom is -0.394 e. The molecule has 102 valence electrons. The number of fused-ring (bicyclic) bond motifs is 1. The number of aliphatic hydroxyl groups excluding tert-OH is 2. The van der Waals surface area contributed by atoms with Crippen LogP contribution in [0.4, 0.5) is 0 Å². The number of ether oxygens (including phenoxy) is 1. The molecule has 3 rings (SSSR count). The molecule has 0 aromatic carbocycles. The summed E-state index contributed by atoms with van der Waals surface area (Å²) in [5, 5.41) is 19.0. The molecule has 1 saturated heterocycles. The minimum absolute atomic E-state index is 0.286. The SMILES string of the molecule is Cc1ncnc2c1ncn2[C@@H]1O[C@H](CO)[C@H](O)C1N. The molecule has 0 spiro atoms. The fraction of sp³-hybridized carbons (Fsp3) is 0.545. The Balaban J connectivity index is 2.04. The van der Waals surface area contributed by atoms with Crippen LogP contribution in [0.15, 0.2) is 12.7 Å². The molecule has 2 aromatic heterocycles. The van der Waals surface area contributed by atoms with Crippen molar-refractivity contribution in [2.45, 2.75) is 31.4 Å². The van der Waals surface area contributed by atoms with Crippen LogP contribution in [0, 0.1) is 6.92 Å². The van der Waals surface area contributed by atoms with E-state index in [9.17, 15) is 5.11 Å². The fourth-order valence-electron chi connectivity index (χ4n) is 2.32. The van der Waals surface area contributed by atoms with E-state index in [0.29, 0.717) is 11.2 Å². The summed E-state index contributed by atoms with van der Waals surface area (Å²) in [4.78, 5) is 12.5. The van der Waals surface area contributed by atoms with Gasteiger partial charge in [0.2, 0.25) is 0 Å². The lowest BCUT2D eigenvalue weighted by atomic mass is 10.1. The Kier molecular flexibility index (Phi) is 2.94. The smallest absolute Gasteiger partial charge is 0.165 e. The maximum absolute atomic E-state index is 9.88. The molecule has 0 bridgehead atoms. The summed E-state index contributed by atoms with van der Waals surface area (Å²) in [6, 6.07) is -0.648. The lowest BCUT2D eigenvalue weighted by Crippen LogP contribution is -2.39. The summed E-state index contributed by atoms with van der Waals surface area (Å²) in [6.45, 7) is 1.55. The minimum atomic E-state index is -0.921. The lowest BCUT2D eigenvalue weighted by molar-refractivity contribution is -0.0437. The van der Waals surface area contributed by atoms with Crippen molar-refractivity contribution in [1.29, 1.82) is 0 Å². The van der Waals surface area contributed by atoms with Gasteiger partial charge in [-0.3, -0.25) is 4.57 Å². The van der Waals surface area contributed by atoms with Crippen LogP contribution in [0.3, 0.4) is 0 Å². The zero-order valence-electron chi connectivity index (χ0n) is 10.3. The number of nitrogens with two attached hydrogens (primary N) is 1. The zero-order chi connectivity index (χ0) is 13.6. The highest BCUT2D eigenvalue weighted by Crippen LogP contribution is 2.30. The first-order chi connectivity index (χ1) is 9.13. The van der Waals surface area contributed by atoms with Crippen molar-refractivity contribution in [3.63, 3.8) is 0 Å². The van der Waals surface area contributed by atoms with Gasteiger partial charge in [0.1, 0.15) is 24.1 Å². The van der Waals surface area contributed by atoms with E-state index >= 15 is 0 Å². The summed E-state index contributed by atoms with van der Waals surface area (Å²) in [5.74, 6) is 0. The van der Waals surface area contributed by atoms with Crippen LogP contribution >= 0.6 is 0 Å².